The average molecular weight is 291 g/mol. The fourth-order valence-corrected chi connectivity index (χ4v) is 3.99. The number of anilines is 1. The molecule has 1 aromatic rings. The smallest absolute Gasteiger partial charge is 0.146 e. The zero-order chi connectivity index (χ0) is 14.8. The Morgan fingerprint density at radius 2 is 2.14 bits per heavy atom. The number of nitrogens with zero attached hydrogens (tertiary/aromatic N) is 2. The maximum absolute atomic E-state index is 14.4. The van der Waals surface area contributed by atoms with Gasteiger partial charge in [0.2, 0.25) is 0 Å². The molecule has 21 heavy (non-hydrogen) atoms. The molecule has 1 N–H and O–H groups in total. The zero-order valence-corrected chi connectivity index (χ0v) is 13.1. The minimum absolute atomic E-state index is 0.0784. The van der Waals surface area contributed by atoms with Gasteiger partial charge in [0, 0.05) is 25.7 Å². The molecule has 0 spiro atoms. The molecule has 0 amide bonds. The molecule has 2 aliphatic heterocycles. The Morgan fingerprint density at radius 3 is 2.90 bits per heavy atom. The molecule has 3 rings (SSSR count). The van der Waals surface area contributed by atoms with Gasteiger partial charge in [0.25, 0.3) is 0 Å². The van der Waals surface area contributed by atoms with Gasteiger partial charge in [-0.3, -0.25) is 0 Å². The summed E-state index contributed by atoms with van der Waals surface area (Å²) in [6.45, 7) is 3.89. The van der Waals surface area contributed by atoms with Crippen molar-refractivity contribution in [1.29, 1.82) is 0 Å². The summed E-state index contributed by atoms with van der Waals surface area (Å²) in [5, 5.41) is 3.07. The van der Waals surface area contributed by atoms with Crippen molar-refractivity contribution in [2.24, 2.45) is 5.92 Å². The monoisotopic (exact) mass is 291 g/mol. The van der Waals surface area contributed by atoms with E-state index in [-0.39, 0.29) is 5.82 Å². The summed E-state index contributed by atoms with van der Waals surface area (Å²) in [4.78, 5) is 4.75. The molecular formula is C17H26FN3. The van der Waals surface area contributed by atoms with Gasteiger partial charge >= 0.3 is 0 Å². The van der Waals surface area contributed by atoms with Gasteiger partial charge < -0.3 is 15.1 Å². The molecule has 2 atom stereocenters. The molecule has 4 heteroatoms. The van der Waals surface area contributed by atoms with Crippen molar-refractivity contribution in [2.75, 3.05) is 38.6 Å². The van der Waals surface area contributed by atoms with E-state index >= 15 is 0 Å². The van der Waals surface area contributed by atoms with E-state index in [1.54, 1.807) is 6.07 Å². The number of hydrogen-bond donors (Lipinski definition) is 1. The normalized spacial score (nSPS) is 26.7. The van der Waals surface area contributed by atoms with E-state index in [0.29, 0.717) is 18.5 Å². The summed E-state index contributed by atoms with van der Waals surface area (Å²) >= 11 is 0. The molecule has 1 aromatic carbocycles. The fourth-order valence-electron chi connectivity index (χ4n) is 3.99. The average Bonchev–Trinajstić information content (AvgIpc) is 2.48. The Balaban J connectivity index is 1.73. The molecule has 2 unspecified atom stereocenters. The molecule has 0 saturated carbocycles. The predicted molar refractivity (Wildman–Crippen MR) is 85.1 cm³/mol. The van der Waals surface area contributed by atoms with E-state index in [2.05, 4.69) is 22.2 Å². The van der Waals surface area contributed by atoms with E-state index in [1.807, 2.05) is 19.2 Å². The summed E-state index contributed by atoms with van der Waals surface area (Å²) in [5.74, 6) is 0.610. The fraction of sp³-hybridized carbons (Fsp3) is 0.647. The standard InChI is InChI=1S/C17H26FN3/c1-19-11-13-5-6-17(15(18)10-13)21-9-7-16-14(12-21)4-3-8-20(16)2/h5-6,10,14,16,19H,3-4,7-9,11-12H2,1-2H3. The highest BCUT2D eigenvalue weighted by Gasteiger charge is 2.34. The second-order valence-corrected chi connectivity index (χ2v) is 6.50. The lowest BCUT2D eigenvalue weighted by atomic mass is 9.84. The maximum atomic E-state index is 14.4. The molecule has 0 aliphatic carbocycles. The van der Waals surface area contributed by atoms with Crippen LogP contribution < -0.4 is 10.2 Å². The third-order valence-corrected chi connectivity index (χ3v) is 5.08. The number of halogens is 1. The van der Waals surface area contributed by atoms with E-state index < -0.39 is 0 Å². The quantitative estimate of drug-likeness (QED) is 0.923. The van der Waals surface area contributed by atoms with E-state index in [4.69, 9.17) is 0 Å². The van der Waals surface area contributed by atoms with Crippen LogP contribution in [-0.2, 0) is 6.54 Å². The Labute approximate surface area is 127 Å². The molecule has 2 heterocycles. The number of piperidine rings is 2. The lowest BCUT2D eigenvalue weighted by Crippen LogP contribution is -2.52. The van der Waals surface area contributed by atoms with Crippen LogP contribution in [0, 0.1) is 11.7 Å². The highest BCUT2D eigenvalue weighted by molar-refractivity contribution is 5.49. The number of nitrogens with one attached hydrogen (secondary N) is 1. The summed E-state index contributed by atoms with van der Waals surface area (Å²) in [7, 11) is 4.12. The number of likely N-dealkylation sites (tertiary alicyclic amines) is 1. The Morgan fingerprint density at radius 1 is 1.29 bits per heavy atom. The first-order valence-corrected chi connectivity index (χ1v) is 8.07. The Kier molecular flexibility index (Phi) is 4.45. The molecule has 116 valence electrons. The first kappa shape index (κ1) is 14.8. The van der Waals surface area contributed by atoms with Crippen LogP contribution in [0.5, 0.6) is 0 Å². The first-order chi connectivity index (χ1) is 10.2. The van der Waals surface area contributed by atoms with Crippen LogP contribution >= 0.6 is 0 Å². The Hall–Kier alpha value is -1.13. The third kappa shape index (κ3) is 3.06. The van der Waals surface area contributed by atoms with Crippen molar-refractivity contribution in [3.05, 3.63) is 29.6 Å². The summed E-state index contributed by atoms with van der Waals surface area (Å²) in [5.41, 5.74) is 1.78. The van der Waals surface area contributed by atoms with Crippen molar-refractivity contribution in [3.63, 3.8) is 0 Å². The molecular weight excluding hydrogens is 265 g/mol. The molecule has 0 bridgehead atoms. The van der Waals surface area contributed by atoms with Crippen molar-refractivity contribution in [1.82, 2.24) is 10.2 Å². The van der Waals surface area contributed by atoms with Gasteiger partial charge in [-0.2, -0.15) is 0 Å². The summed E-state index contributed by atoms with van der Waals surface area (Å²) < 4.78 is 14.4. The third-order valence-electron chi connectivity index (χ3n) is 5.08. The molecule has 2 saturated heterocycles. The van der Waals surface area contributed by atoms with Crippen LogP contribution in [0.3, 0.4) is 0 Å². The molecule has 0 aromatic heterocycles. The molecule has 3 nitrogen and oxygen atoms in total. The van der Waals surface area contributed by atoms with Gasteiger partial charge in [-0.25, -0.2) is 4.39 Å². The minimum Gasteiger partial charge on any atom is -0.369 e. The highest BCUT2D eigenvalue weighted by Crippen LogP contribution is 2.33. The molecule has 2 fully saturated rings. The lowest BCUT2D eigenvalue weighted by molar-refractivity contribution is 0.102. The predicted octanol–water partition coefficient (Wildman–Crippen LogP) is 2.47. The van der Waals surface area contributed by atoms with Crippen molar-refractivity contribution >= 4 is 5.69 Å². The van der Waals surface area contributed by atoms with Gasteiger partial charge in [-0.1, -0.05) is 6.07 Å². The molecule has 0 radical (unpaired) electrons. The zero-order valence-electron chi connectivity index (χ0n) is 13.1. The van der Waals surface area contributed by atoms with Crippen LogP contribution in [0.4, 0.5) is 10.1 Å². The number of hydrogen-bond acceptors (Lipinski definition) is 3. The number of fused-ring (bicyclic) bond motifs is 1. The second kappa shape index (κ2) is 6.32. The van der Waals surface area contributed by atoms with Crippen LogP contribution in [0.2, 0.25) is 0 Å². The van der Waals surface area contributed by atoms with Crippen molar-refractivity contribution in [3.8, 4) is 0 Å². The van der Waals surface area contributed by atoms with Gasteiger partial charge in [0.05, 0.1) is 5.69 Å². The van der Waals surface area contributed by atoms with Crippen molar-refractivity contribution in [2.45, 2.75) is 31.8 Å². The van der Waals surface area contributed by atoms with E-state index in [1.165, 1.54) is 19.4 Å². The number of benzene rings is 1. The summed E-state index contributed by atoms with van der Waals surface area (Å²) in [6.07, 6.45) is 3.71. The minimum atomic E-state index is -0.0784. The molecule has 2 aliphatic rings. The van der Waals surface area contributed by atoms with E-state index in [9.17, 15) is 4.39 Å². The first-order valence-electron chi connectivity index (χ1n) is 8.07. The van der Waals surface area contributed by atoms with Gasteiger partial charge in [-0.05, 0) is 63.5 Å². The Bertz CT molecular complexity index is 491. The largest absolute Gasteiger partial charge is 0.369 e. The van der Waals surface area contributed by atoms with E-state index in [0.717, 1.165) is 30.8 Å². The van der Waals surface area contributed by atoms with Crippen molar-refractivity contribution < 1.29 is 4.39 Å². The van der Waals surface area contributed by atoms with Gasteiger partial charge in [0.15, 0.2) is 0 Å². The lowest BCUT2D eigenvalue weighted by Gasteiger charge is -2.46. The van der Waals surface area contributed by atoms with Crippen LogP contribution in [0.1, 0.15) is 24.8 Å². The highest BCUT2D eigenvalue weighted by atomic mass is 19.1. The topological polar surface area (TPSA) is 18.5 Å². The van der Waals surface area contributed by atoms with Crippen LogP contribution in [0.15, 0.2) is 18.2 Å². The maximum Gasteiger partial charge on any atom is 0.146 e. The second-order valence-electron chi connectivity index (χ2n) is 6.50. The number of rotatable bonds is 3. The van der Waals surface area contributed by atoms with Crippen LogP contribution in [-0.4, -0.2) is 44.7 Å². The van der Waals surface area contributed by atoms with Gasteiger partial charge in [0.1, 0.15) is 5.82 Å². The summed E-state index contributed by atoms with van der Waals surface area (Å²) in [6, 6.07) is 6.36. The van der Waals surface area contributed by atoms with Gasteiger partial charge in [-0.15, -0.1) is 0 Å². The SMILES string of the molecule is CNCc1ccc(N2CCC3C(CCCN3C)C2)c(F)c1. The van der Waals surface area contributed by atoms with Crippen LogP contribution in [0.25, 0.3) is 0 Å².